The molecule has 0 spiro atoms. The van der Waals surface area contributed by atoms with Gasteiger partial charge in [0.1, 0.15) is 11.8 Å². The lowest BCUT2D eigenvalue weighted by Gasteiger charge is -2.42. The van der Waals surface area contributed by atoms with Gasteiger partial charge >= 0.3 is 0 Å². The van der Waals surface area contributed by atoms with Gasteiger partial charge in [-0.1, -0.05) is 6.07 Å². The molecule has 0 saturated carbocycles. The van der Waals surface area contributed by atoms with Crippen molar-refractivity contribution in [1.82, 2.24) is 9.55 Å². The molecule has 0 aliphatic carbocycles. The van der Waals surface area contributed by atoms with Crippen molar-refractivity contribution < 1.29 is 8.83 Å². The maximum atomic E-state index is 12.2. The van der Waals surface area contributed by atoms with Crippen LogP contribution >= 0.6 is 0 Å². The van der Waals surface area contributed by atoms with Crippen LogP contribution < -0.4 is 10.5 Å². The zero-order valence-electron chi connectivity index (χ0n) is 15.1. The fraction of sp³-hybridized carbons (Fsp3) is 0.286. The quantitative estimate of drug-likeness (QED) is 0.700. The van der Waals surface area contributed by atoms with Crippen molar-refractivity contribution in [3.05, 3.63) is 70.0 Å². The van der Waals surface area contributed by atoms with E-state index in [1.54, 1.807) is 30.5 Å². The lowest BCUT2D eigenvalue weighted by molar-refractivity contribution is 0.275. The summed E-state index contributed by atoms with van der Waals surface area (Å²) in [4.78, 5) is 18.6. The number of fused-ring (bicyclic) bond motifs is 4. The number of furan rings is 1. The highest BCUT2D eigenvalue weighted by molar-refractivity contribution is 5.64. The zero-order valence-corrected chi connectivity index (χ0v) is 15.1. The molecule has 1 fully saturated rings. The van der Waals surface area contributed by atoms with Gasteiger partial charge in [-0.05, 0) is 36.6 Å². The number of pyridine rings is 1. The van der Waals surface area contributed by atoms with Gasteiger partial charge in [-0.2, -0.15) is 10.2 Å². The Morgan fingerprint density at radius 3 is 2.93 bits per heavy atom. The number of rotatable bonds is 3. The third-order valence-corrected chi connectivity index (χ3v) is 5.43. The van der Waals surface area contributed by atoms with Gasteiger partial charge in [-0.25, -0.2) is 0 Å². The number of nitrogens with zero attached hydrogens (tertiary/aromatic N) is 4. The van der Waals surface area contributed by atoms with Crippen molar-refractivity contribution in [2.75, 3.05) is 18.0 Å². The molecule has 2 aliphatic heterocycles. The first-order valence-corrected chi connectivity index (χ1v) is 9.28. The third kappa shape index (κ3) is 2.83. The summed E-state index contributed by atoms with van der Waals surface area (Å²) in [6, 6.07) is 11.2. The van der Waals surface area contributed by atoms with E-state index >= 15 is 0 Å². The first kappa shape index (κ1) is 16.6. The number of aromatic nitrogens is 2. The molecule has 2 atom stereocenters. The highest BCUT2D eigenvalue weighted by Crippen LogP contribution is 2.38. The summed E-state index contributed by atoms with van der Waals surface area (Å²) in [6.07, 6.45) is 6.09. The standard InChI is InChI=1S/C21H18N4O3/c22-10-17-21(28-19(23-17)7-6-16-3-2-8-27-16)24-11-14-9-15(13-24)18-4-1-5-20(26)25(18)12-14/h1-8,14-15H,9,11-13H2/b7-6+/t14-,15+/m1/s1. The number of oxazole rings is 1. The monoisotopic (exact) mass is 374 g/mol. The lowest BCUT2D eigenvalue weighted by atomic mass is 9.83. The van der Waals surface area contributed by atoms with Crippen LogP contribution in [0.3, 0.4) is 0 Å². The van der Waals surface area contributed by atoms with Gasteiger partial charge in [0.2, 0.25) is 17.5 Å². The molecule has 5 rings (SSSR count). The van der Waals surface area contributed by atoms with Crippen LogP contribution in [0.5, 0.6) is 0 Å². The van der Waals surface area contributed by atoms with Crippen LogP contribution in [0.2, 0.25) is 0 Å². The molecule has 5 heterocycles. The molecule has 140 valence electrons. The fourth-order valence-corrected chi connectivity index (χ4v) is 4.29. The van der Waals surface area contributed by atoms with Crippen molar-refractivity contribution in [3.8, 4) is 6.07 Å². The van der Waals surface area contributed by atoms with Crippen LogP contribution in [0.1, 0.15) is 35.4 Å². The largest absolute Gasteiger partial charge is 0.465 e. The second-order valence-electron chi connectivity index (χ2n) is 7.27. The predicted octanol–water partition coefficient (Wildman–Crippen LogP) is 3.10. The van der Waals surface area contributed by atoms with E-state index in [4.69, 9.17) is 8.83 Å². The fourth-order valence-electron chi connectivity index (χ4n) is 4.29. The van der Waals surface area contributed by atoms with E-state index in [0.717, 1.165) is 18.7 Å². The van der Waals surface area contributed by atoms with Gasteiger partial charge in [0.25, 0.3) is 5.56 Å². The van der Waals surface area contributed by atoms with Crippen molar-refractivity contribution in [1.29, 1.82) is 5.26 Å². The van der Waals surface area contributed by atoms with E-state index < -0.39 is 0 Å². The molecule has 0 unspecified atom stereocenters. The highest BCUT2D eigenvalue weighted by atomic mass is 16.4. The SMILES string of the molecule is N#Cc1nc(/C=C/c2ccco2)oc1N1C[C@H]2C[C@@H](C1)c1cccc(=O)n1C2. The first-order chi connectivity index (χ1) is 13.7. The van der Waals surface area contributed by atoms with Crippen molar-refractivity contribution in [2.45, 2.75) is 18.9 Å². The van der Waals surface area contributed by atoms with Crippen molar-refractivity contribution in [3.63, 3.8) is 0 Å². The summed E-state index contributed by atoms with van der Waals surface area (Å²) in [6.45, 7) is 2.14. The summed E-state index contributed by atoms with van der Waals surface area (Å²) < 4.78 is 13.1. The summed E-state index contributed by atoms with van der Waals surface area (Å²) in [5.41, 5.74) is 1.40. The van der Waals surface area contributed by atoms with Gasteiger partial charge in [-0.15, -0.1) is 0 Å². The third-order valence-electron chi connectivity index (χ3n) is 5.43. The van der Waals surface area contributed by atoms with Crippen LogP contribution in [-0.2, 0) is 6.54 Å². The van der Waals surface area contributed by atoms with Crippen LogP contribution in [0, 0.1) is 17.2 Å². The van der Waals surface area contributed by atoms with Crippen molar-refractivity contribution >= 4 is 18.0 Å². The minimum atomic E-state index is 0.0587. The Hall–Kier alpha value is -3.53. The van der Waals surface area contributed by atoms with E-state index in [0.29, 0.717) is 36.5 Å². The lowest BCUT2D eigenvalue weighted by Crippen LogP contribution is -2.47. The topological polar surface area (TPSA) is 88.2 Å². The summed E-state index contributed by atoms with van der Waals surface area (Å²) in [5, 5.41) is 9.52. The van der Waals surface area contributed by atoms with Gasteiger partial charge in [0.05, 0.1) is 6.26 Å². The first-order valence-electron chi connectivity index (χ1n) is 9.28. The Kier molecular flexibility index (Phi) is 3.90. The molecule has 3 aromatic rings. The maximum Gasteiger partial charge on any atom is 0.250 e. The smallest absolute Gasteiger partial charge is 0.250 e. The number of nitriles is 1. The summed E-state index contributed by atoms with van der Waals surface area (Å²) in [5.74, 6) is 2.14. The average molecular weight is 374 g/mol. The van der Waals surface area contributed by atoms with Crippen LogP contribution in [0.4, 0.5) is 5.88 Å². The second kappa shape index (κ2) is 6.57. The summed E-state index contributed by atoms with van der Waals surface area (Å²) >= 11 is 0. The maximum absolute atomic E-state index is 12.2. The molecule has 2 aliphatic rings. The van der Waals surface area contributed by atoms with Crippen molar-refractivity contribution in [2.24, 2.45) is 5.92 Å². The van der Waals surface area contributed by atoms with Crippen LogP contribution in [-0.4, -0.2) is 22.6 Å². The molecule has 0 amide bonds. The Labute approximate surface area is 161 Å². The van der Waals surface area contributed by atoms with Crippen LogP contribution in [0.15, 0.2) is 50.2 Å². The number of anilines is 1. The van der Waals surface area contributed by atoms with E-state index in [2.05, 4.69) is 16.0 Å². The minimum Gasteiger partial charge on any atom is -0.465 e. The molecule has 3 aromatic heterocycles. The molecule has 1 saturated heterocycles. The summed E-state index contributed by atoms with van der Waals surface area (Å²) in [7, 11) is 0. The molecule has 28 heavy (non-hydrogen) atoms. The number of hydrogen-bond acceptors (Lipinski definition) is 6. The molecule has 2 bridgehead atoms. The predicted molar refractivity (Wildman–Crippen MR) is 103 cm³/mol. The average Bonchev–Trinajstić information content (AvgIpc) is 3.36. The van der Waals surface area contributed by atoms with Gasteiger partial charge in [0.15, 0.2) is 0 Å². The van der Waals surface area contributed by atoms with E-state index in [-0.39, 0.29) is 17.2 Å². The normalized spacial score (nSPS) is 20.9. The van der Waals surface area contributed by atoms with Gasteiger partial charge in [-0.3, -0.25) is 4.79 Å². The minimum absolute atomic E-state index is 0.0587. The number of hydrogen-bond donors (Lipinski definition) is 0. The Morgan fingerprint density at radius 1 is 1.18 bits per heavy atom. The number of piperidine rings is 1. The molecular weight excluding hydrogens is 356 g/mol. The molecule has 0 radical (unpaired) electrons. The van der Waals surface area contributed by atoms with Gasteiger partial charge < -0.3 is 18.3 Å². The van der Waals surface area contributed by atoms with E-state index in [9.17, 15) is 10.1 Å². The Morgan fingerprint density at radius 2 is 2.11 bits per heavy atom. The molecule has 0 N–H and O–H groups in total. The molecule has 7 heteroatoms. The van der Waals surface area contributed by atoms with E-state index in [1.807, 2.05) is 22.8 Å². The Bertz CT molecular complexity index is 1130. The second-order valence-corrected chi connectivity index (χ2v) is 7.27. The highest BCUT2D eigenvalue weighted by Gasteiger charge is 2.36. The van der Waals surface area contributed by atoms with E-state index in [1.165, 1.54) is 0 Å². The molecule has 0 aromatic carbocycles. The van der Waals surface area contributed by atoms with Crippen LogP contribution in [0.25, 0.3) is 12.2 Å². The Balaban J connectivity index is 1.44. The molecule has 7 nitrogen and oxygen atoms in total. The molecular formula is C21H18N4O3. The zero-order chi connectivity index (χ0) is 19.1. The van der Waals surface area contributed by atoms with Gasteiger partial charge in [0, 0.05) is 43.4 Å².